The van der Waals surface area contributed by atoms with Crippen LogP contribution in [0, 0.1) is 0 Å². The Morgan fingerprint density at radius 3 is 2.44 bits per heavy atom. The molecule has 0 spiro atoms. The minimum atomic E-state index is -5.08. The molecule has 2 aromatic heterocycles. The fourth-order valence-corrected chi connectivity index (χ4v) is 4.22. The number of carbonyl (C=O) groups is 2. The van der Waals surface area contributed by atoms with Crippen LogP contribution in [-0.4, -0.2) is 44.6 Å². The predicted octanol–water partition coefficient (Wildman–Crippen LogP) is 7.49. The van der Waals surface area contributed by atoms with Crippen LogP contribution in [0.15, 0.2) is 73.2 Å². The SMILES string of the molecule is CCC(=O)CCCCCC(COCc1cccnc1)c1ncc(-c2ccc3ccccc3c2)[nH]1.O=C(O)C(F)(F)F. The molecular formula is C31H34F3N3O4. The van der Waals surface area contributed by atoms with Gasteiger partial charge in [-0.25, -0.2) is 9.78 Å². The average Bonchev–Trinajstić information content (AvgIpc) is 3.46. The fraction of sp³-hybridized carbons (Fsp3) is 0.355. The number of fused-ring (bicyclic) bond motifs is 1. The van der Waals surface area contributed by atoms with Gasteiger partial charge in [0.2, 0.25) is 0 Å². The first-order valence-electron chi connectivity index (χ1n) is 13.5. The number of aromatic nitrogens is 3. The minimum Gasteiger partial charge on any atom is -0.475 e. The number of hydrogen-bond acceptors (Lipinski definition) is 5. The molecule has 0 amide bonds. The Kier molecular flexibility index (Phi) is 12.0. The largest absolute Gasteiger partial charge is 0.490 e. The monoisotopic (exact) mass is 569 g/mol. The van der Waals surface area contributed by atoms with Crippen molar-refractivity contribution < 1.29 is 32.6 Å². The van der Waals surface area contributed by atoms with Crippen LogP contribution in [0.1, 0.15) is 62.8 Å². The number of unbranched alkanes of at least 4 members (excludes halogenated alkanes) is 2. The van der Waals surface area contributed by atoms with E-state index < -0.39 is 12.1 Å². The number of hydrogen-bond donors (Lipinski definition) is 2. The standard InChI is InChI=1S/C29H33N3O2.C2HF3O2/c1-2-27(33)13-5-3-4-12-26(21-34-20-22-9-8-16-30-18-22)29-31-19-28(32-29)25-15-14-23-10-6-7-11-24(23)17-25;3-2(4,5)1(6)7/h6-11,14-19,26H,2-5,12-13,20-21H2,1H3,(H,31,32);(H,6,7). The summed E-state index contributed by atoms with van der Waals surface area (Å²) in [6, 6.07) is 18.8. The summed E-state index contributed by atoms with van der Waals surface area (Å²) in [4.78, 5) is 32.9. The highest BCUT2D eigenvalue weighted by atomic mass is 19.4. The van der Waals surface area contributed by atoms with Gasteiger partial charge in [-0.05, 0) is 41.3 Å². The van der Waals surface area contributed by atoms with Crippen molar-refractivity contribution in [3.63, 3.8) is 0 Å². The number of rotatable bonds is 13. The normalized spacial score (nSPS) is 12.0. The van der Waals surface area contributed by atoms with Crippen LogP contribution in [-0.2, 0) is 20.9 Å². The lowest BCUT2D eigenvalue weighted by Crippen LogP contribution is -2.21. The first-order valence-corrected chi connectivity index (χ1v) is 13.5. The van der Waals surface area contributed by atoms with Gasteiger partial charge in [-0.2, -0.15) is 13.2 Å². The number of ether oxygens (including phenoxy) is 1. The second-order valence-electron chi connectivity index (χ2n) is 9.61. The van der Waals surface area contributed by atoms with Gasteiger partial charge >= 0.3 is 12.1 Å². The number of alkyl halides is 3. The van der Waals surface area contributed by atoms with E-state index in [4.69, 9.17) is 19.6 Å². The first kappa shape index (κ1) is 31.5. The maximum Gasteiger partial charge on any atom is 0.490 e. The summed E-state index contributed by atoms with van der Waals surface area (Å²) in [5.41, 5.74) is 3.22. The molecule has 2 N–H and O–H groups in total. The molecule has 0 radical (unpaired) electrons. The zero-order valence-corrected chi connectivity index (χ0v) is 22.9. The van der Waals surface area contributed by atoms with E-state index in [0.717, 1.165) is 48.3 Å². The quantitative estimate of drug-likeness (QED) is 0.162. The molecule has 2 heterocycles. The van der Waals surface area contributed by atoms with Gasteiger partial charge in [0.25, 0.3) is 0 Å². The summed E-state index contributed by atoms with van der Waals surface area (Å²) in [6.45, 7) is 3.06. The van der Waals surface area contributed by atoms with Crippen molar-refractivity contribution in [1.82, 2.24) is 15.0 Å². The molecule has 0 fully saturated rings. The Morgan fingerprint density at radius 1 is 1.00 bits per heavy atom. The Hall–Kier alpha value is -4.05. The van der Waals surface area contributed by atoms with Crippen LogP contribution >= 0.6 is 0 Å². The number of nitrogens with zero attached hydrogens (tertiary/aromatic N) is 2. The molecule has 7 nitrogen and oxygen atoms in total. The fourth-order valence-electron chi connectivity index (χ4n) is 4.22. The molecule has 0 bridgehead atoms. The van der Waals surface area contributed by atoms with Crippen LogP contribution in [0.4, 0.5) is 13.2 Å². The van der Waals surface area contributed by atoms with Crippen LogP contribution in [0.2, 0.25) is 0 Å². The molecule has 10 heteroatoms. The van der Waals surface area contributed by atoms with Gasteiger partial charge in [0.1, 0.15) is 11.6 Å². The highest BCUT2D eigenvalue weighted by Gasteiger charge is 2.38. The molecule has 1 unspecified atom stereocenters. The molecule has 4 rings (SSSR count). The summed E-state index contributed by atoms with van der Waals surface area (Å²) in [5, 5.41) is 9.57. The van der Waals surface area contributed by atoms with E-state index in [-0.39, 0.29) is 5.92 Å². The van der Waals surface area contributed by atoms with Crippen LogP contribution in [0.25, 0.3) is 22.0 Å². The zero-order chi connectivity index (χ0) is 29.7. The topological polar surface area (TPSA) is 105 Å². The van der Waals surface area contributed by atoms with Crippen molar-refractivity contribution in [2.45, 2.75) is 64.1 Å². The second-order valence-corrected chi connectivity index (χ2v) is 9.61. The van der Waals surface area contributed by atoms with E-state index in [1.54, 1.807) is 6.20 Å². The number of nitrogens with one attached hydrogen (secondary N) is 1. The number of imidazole rings is 1. The molecule has 218 valence electrons. The predicted molar refractivity (Wildman–Crippen MR) is 150 cm³/mol. The van der Waals surface area contributed by atoms with Crippen molar-refractivity contribution in [2.75, 3.05) is 6.61 Å². The van der Waals surface area contributed by atoms with Gasteiger partial charge in [-0.3, -0.25) is 9.78 Å². The number of carboxylic acids is 1. The summed E-state index contributed by atoms with van der Waals surface area (Å²) in [7, 11) is 0. The maximum atomic E-state index is 11.6. The molecule has 0 aliphatic carbocycles. The van der Waals surface area contributed by atoms with E-state index in [1.165, 1.54) is 10.8 Å². The molecule has 0 saturated carbocycles. The average molecular weight is 570 g/mol. The molecule has 0 aliphatic rings. The van der Waals surface area contributed by atoms with Gasteiger partial charge in [0.15, 0.2) is 0 Å². The van der Waals surface area contributed by atoms with Crippen molar-refractivity contribution in [2.24, 2.45) is 0 Å². The van der Waals surface area contributed by atoms with Gasteiger partial charge in [0.05, 0.1) is 25.1 Å². The number of Topliss-reactive ketones (excluding diaryl/α,β-unsaturated/α-hetero) is 1. The number of ketones is 1. The molecule has 2 aromatic carbocycles. The highest BCUT2D eigenvalue weighted by Crippen LogP contribution is 2.27. The summed E-state index contributed by atoms with van der Waals surface area (Å²) < 4.78 is 37.8. The van der Waals surface area contributed by atoms with E-state index in [9.17, 15) is 18.0 Å². The van der Waals surface area contributed by atoms with E-state index in [1.807, 2.05) is 31.5 Å². The number of benzene rings is 2. The van der Waals surface area contributed by atoms with Gasteiger partial charge in [-0.15, -0.1) is 0 Å². The lowest BCUT2D eigenvalue weighted by atomic mass is 10.00. The molecule has 0 saturated heterocycles. The van der Waals surface area contributed by atoms with E-state index in [0.29, 0.717) is 31.8 Å². The Labute approximate surface area is 236 Å². The smallest absolute Gasteiger partial charge is 0.475 e. The number of halogens is 3. The first-order chi connectivity index (χ1) is 19.7. The van der Waals surface area contributed by atoms with E-state index >= 15 is 0 Å². The molecule has 0 aliphatic heterocycles. The lowest BCUT2D eigenvalue weighted by Gasteiger charge is -2.15. The van der Waals surface area contributed by atoms with Crippen molar-refractivity contribution in [3.8, 4) is 11.3 Å². The summed E-state index contributed by atoms with van der Waals surface area (Å²) in [6.07, 6.45) is 5.78. The van der Waals surface area contributed by atoms with Gasteiger partial charge in [0, 0.05) is 36.7 Å². The molecule has 41 heavy (non-hydrogen) atoms. The van der Waals surface area contributed by atoms with Crippen LogP contribution < -0.4 is 0 Å². The third kappa shape index (κ3) is 10.5. The highest BCUT2D eigenvalue weighted by molar-refractivity contribution is 5.86. The number of aliphatic carboxylic acids is 1. The second kappa shape index (κ2) is 15.7. The Morgan fingerprint density at radius 2 is 1.76 bits per heavy atom. The number of H-pyrrole nitrogens is 1. The minimum absolute atomic E-state index is 0.174. The van der Waals surface area contributed by atoms with Crippen molar-refractivity contribution in [3.05, 3.63) is 84.6 Å². The third-order valence-electron chi connectivity index (χ3n) is 6.50. The number of pyridine rings is 1. The number of carbonyl (C=O) groups excluding carboxylic acids is 1. The van der Waals surface area contributed by atoms with E-state index in [2.05, 4.69) is 52.4 Å². The summed E-state index contributed by atoms with van der Waals surface area (Å²) >= 11 is 0. The number of carboxylic acid groups (broad SMARTS) is 1. The summed E-state index contributed by atoms with van der Waals surface area (Å²) in [5.74, 6) is -1.28. The Balaban J connectivity index is 0.000000587. The molecular weight excluding hydrogens is 535 g/mol. The van der Waals surface area contributed by atoms with Gasteiger partial charge in [-0.1, -0.05) is 62.2 Å². The molecule has 1 atom stereocenters. The van der Waals surface area contributed by atoms with Gasteiger partial charge < -0.3 is 14.8 Å². The van der Waals surface area contributed by atoms with Crippen LogP contribution in [0.3, 0.4) is 0 Å². The van der Waals surface area contributed by atoms with Crippen molar-refractivity contribution in [1.29, 1.82) is 0 Å². The van der Waals surface area contributed by atoms with Crippen molar-refractivity contribution >= 4 is 22.5 Å². The zero-order valence-electron chi connectivity index (χ0n) is 22.9. The number of aromatic amines is 1. The molecule has 4 aromatic rings. The lowest BCUT2D eigenvalue weighted by molar-refractivity contribution is -0.192. The maximum absolute atomic E-state index is 11.6. The Bertz CT molecular complexity index is 1390. The van der Waals surface area contributed by atoms with Crippen LogP contribution in [0.5, 0.6) is 0 Å². The third-order valence-corrected chi connectivity index (χ3v) is 6.50.